The van der Waals surface area contributed by atoms with Crippen molar-refractivity contribution in [3.8, 4) is 0 Å². The Hall–Kier alpha value is -2.88. The molecule has 2 aromatic carbocycles. The smallest absolute Gasteiger partial charge is 0.330 e. The predicted molar refractivity (Wildman–Crippen MR) is 97.7 cm³/mol. The first kappa shape index (κ1) is 17.0. The fraction of sp³-hybridized carbons (Fsp3) is 0.190. The van der Waals surface area contributed by atoms with E-state index in [0.717, 1.165) is 28.5 Å². The van der Waals surface area contributed by atoms with Crippen LogP contribution in [0, 0.1) is 12.7 Å². The van der Waals surface area contributed by atoms with Gasteiger partial charge in [-0.2, -0.15) is 0 Å². The number of carbonyl (C=O) groups excluding carboxylic acids is 1. The van der Waals surface area contributed by atoms with Crippen molar-refractivity contribution in [2.75, 3.05) is 6.61 Å². The topological polar surface area (TPSA) is 42.1 Å². The summed E-state index contributed by atoms with van der Waals surface area (Å²) in [7, 11) is 0. The zero-order valence-corrected chi connectivity index (χ0v) is 14.1. The molecule has 0 amide bonds. The van der Waals surface area contributed by atoms with Gasteiger partial charge in [0.25, 0.3) is 0 Å². The SMILES string of the molecule is Cc1ccc(/C=C/C(=O)OCCCc2c[nH]c3ccc(F)cc23)cc1. The number of halogens is 1. The maximum Gasteiger partial charge on any atom is 0.330 e. The van der Waals surface area contributed by atoms with Crippen LogP contribution in [0.2, 0.25) is 0 Å². The Morgan fingerprint density at radius 2 is 2.00 bits per heavy atom. The van der Waals surface area contributed by atoms with Crippen molar-refractivity contribution in [2.45, 2.75) is 19.8 Å². The van der Waals surface area contributed by atoms with Gasteiger partial charge in [0.15, 0.2) is 0 Å². The first-order chi connectivity index (χ1) is 12.1. The van der Waals surface area contributed by atoms with E-state index >= 15 is 0 Å². The molecule has 1 aromatic heterocycles. The number of H-pyrrole nitrogens is 1. The van der Waals surface area contributed by atoms with Crippen LogP contribution in [-0.2, 0) is 16.0 Å². The van der Waals surface area contributed by atoms with E-state index in [0.29, 0.717) is 13.0 Å². The van der Waals surface area contributed by atoms with Crippen molar-refractivity contribution in [1.82, 2.24) is 4.98 Å². The molecule has 0 spiro atoms. The van der Waals surface area contributed by atoms with Crippen LogP contribution in [-0.4, -0.2) is 17.6 Å². The summed E-state index contributed by atoms with van der Waals surface area (Å²) < 4.78 is 18.6. The molecule has 25 heavy (non-hydrogen) atoms. The normalized spacial score (nSPS) is 11.3. The Morgan fingerprint density at radius 1 is 1.20 bits per heavy atom. The molecule has 4 heteroatoms. The standard InChI is InChI=1S/C21H20FNO2/c1-15-4-6-16(7-5-15)8-11-21(24)25-12-2-3-17-14-23-20-10-9-18(22)13-19(17)20/h4-11,13-14,23H,2-3,12H2,1H3/b11-8+. The Labute approximate surface area is 146 Å². The highest BCUT2D eigenvalue weighted by Crippen LogP contribution is 2.20. The van der Waals surface area contributed by atoms with Gasteiger partial charge in [0, 0.05) is 23.2 Å². The lowest BCUT2D eigenvalue weighted by Gasteiger charge is -2.02. The number of ether oxygens (including phenoxy) is 1. The molecule has 0 bridgehead atoms. The molecule has 0 atom stereocenters. The van der Waals surface area contributed by atoms with E-state index < -0.39 is 0 Å². The number of fused-ring (bicyclic) bond motifs is 1. The number of hydrogen-bond donors (Lipinski definition) is 1. The van der Waals surface area contributed by atoms with Crippen LogP contribution in [0.4, 0.5) is 4.39 Å². The maximum atomic E-state index is 13.3. The number of esters is 1. The minimum Gasteiger partial charge on any atom is -0.463 e. The zero-order chi connectivity index (χ0) is 17.6. The largest absolute Gasteiger partial charge is 0.463 e. The molecule has 0 saturated heterocycles. The molecule has 0 unspecified atom stereocenters. The van der Waals surface area contributed by atoms with Gasteiger partial charge in [-0.25, -0.2) is 9.18 Å². The second kappa shape index (κ2) is 7.79. The van der Waals surface area contributed by atoms with Crippen LogP contribution < -0.4 is 0 Å². The number of hydrogen-bond acceptors (Lipinski definition) is 2. The van der Waals surface area contributed by atoms with Crippen molar-refractivity contribution in [2.24, 2.45) is 0 Å². The first-order valence-corrected chi connectivity index (χ1v) is 8.29. The lowest BCUT2D eigenvalue weighted by molar-refractivity contribution is -0.137. The van der Waals surface area contributed by atoms with Crippen molar-refractivity contribution >= 4 is 22.9 Å². The van der Waals surface area contributed by atoms with Gasteiger partial charge in [0.1, 0.15) is 5.82 Å². The van der Waals surface area contributed by atoms with Gasteiger partial charge in [-0.3, -0.25) is 0 Å². The molecule has 0 saturated carbocycles. The number of aromatic amines is 1. The van der Waals surface area contributed by atoms with Gasteiger partial charge in [-0.05, 0) is 55.2 Å². The van der Waals surface area contributed by atoms with Crippen LogP contribution in [0.15, 0.2) is 54.7 Å². The Kier molecular flexibility index (Phi) is 5.29. The summed E-state index contributed by atoms with van der Waals surface area (Å²) in [6.45, 7) is 2.35. The van der Waals surface area contributed by atoms with E-state index in [2.05, 4.69) is 4.98 Å². The van der Waals surface area contributed by atoms with Crippen molar-refractivity contribution in [3.05, 3.63) is 77.2 Å². The van der Waals surface area contributed by atoms with E-state index in [-0.39, 0.29) is 11.8 Å². The van der Waals surface area contributed by atoms with Gasteiger partial charge in [-0.1, -0.05) is 29.8 Å². The highest BCUT2D eigenvalue weighted by Gasteiger charge is 2.05. The lowest BCUT2D eigenvalue weighted by Crippen LogP contribution is -2.03. The highest BCUT2D eigenvalue weighted by molar-refractivity contribution is 5.87. The molecule has 3 aromatic rings. The fourth-order valence-electron chi connectivity index (χ4n) is 2.68. The highest BCUT2D eigenvalue weighted by atomic mass is 19.1. The molecule has 128 valence electrons. The van der Waals surface area contributed by atoms with Gasteiger partial charge in [0.05, 0.1) is 6.61 Å². The van der Waals surface area contributed by atoms with Crippen LogP contribution in [0.1, 0.15) is 23.1 Å². The molecule has 0 aliphatic heterocycles. The maximum absolute atomic E-state index is 13.3. The predicted octanol–water partition coefficient (Wildman–Crippen LogP) is 4.80. The van der Waals surface area contributed by atoms with E-state index in [1.165, 1.54) is 23.8 Å². The van der Waals surface area contributed by atoms with E-state index in [1.54, 1.807) is 12.1 Å². The summed E-state index contributed by atoms with van der Waals surface area (Å²) in [5.41, 5.74) is 4.08. The minimum atomic E-state index is -0.356. The van der Waals surface area contributed by atoms with Gasteiger partial charge >= 0.3 is 5.97 Å². The molecule has 3 rings (SSSR count). The third-order valence-electron chi connectivity index (χ3n) is 4.05. The average molecular weight is 337 g/mol. The number of nitrogens with one attached hydrogen (secondary N) is 1. The summed E-state index contributed by atoms with van der Waals surface area (Å²) in [6.07, 6.45) is 6.46. The quantitative estimate of drug-likeness (QED) is 0.399. The second-order valence-electron chi connectivity index (χ2n) is 6.02. The number of rotatable bonds is 6. The average Bonchev–Trinajstić information content (AvgIpc) is 3.00. The van der Waals surface area contributed by atoms with E-state index in [4.69, 9.17) is 4.74 Å². The van der Waals surface area contributed by atoms with E-state index in [9.17, 15) is 9.18 Å². The second-order valence-corrected chi connectivity index (χ2v) is 6.02. The van der Waals surface area contributed by atoms with Gasteiger partial charge < -0.3 is 9.72 Å². The van der Waals surface area contributed by atoms with Crippen LogP contribution >= 0.6 is 0 Å². The van der Waals surface area contributed by atoms with Crippen molar-refractivity contribution < 1.29 is 13.9 Å². The number of benzene rings is 2. The number of aryl methyl sites for hydroxylation is 2. The summed E-state index contributed by atoms with van der Waals surface area (Å²) in [6, 6.07) is 12.6. The number of aromatic nitrogens is 1. The number of carbonyl (C=O) groups is 1. The molecular weight excluding hydrogens is 317 g/mol. The molecule has 1 heterocycles. The third-order valence-corrected chi connectivity index (χ3v) is 4.05. The monoisotopic (exact) mass is 337 g/mol. The lowest BCUT2D eigenvalue weighted by atomic mass is 10.1. The molecule has 0 aliphatic carbocycles. The summed E-state index contributed by atoms with van der Waals surface area (Å²) in [5, 5.41) is 0.880. The molecule has 3 nitrogen and oxygen atoms in total. The van der Waals surface area contributed by atoms with Crippen molar-refractivity contribution in [3.63, 3.8) is 0 Å². The van der Waals surface area contributed by atoms with Crippen LogP contribution in [0.3, 0.4) is 0 Å². The summed E-state index contributed by atoms with van der Waals surface area (Å²) in [4.78, 5) is 14.9. The van der Waals surface area contributed by atoms with Crippen LogP contribution in [0.25, 0.3) is 17.0 Å². The van der Waals surface area contributed by atoms with Gasteiger partial charge in [0.2, 0.25) is 0 Å². The summed E-state index contributed by atoms with van der Waals surface area (Å²) >= 11 is 0. The zero-order valence-electron chi connectivity index (χ0n) is 14.1. The third kappa shape index (κ3) is 4.57. The molecule has 1 N–H and O–H groups in total. The molecule has 0 fully saturated rings. The molecule has 0 aliphatic rings. The van der Waals surface area contributed by atoms with Crippen molar-refractivity contribution in [1.29, 1.82) is 0 Å². The minimum absolute atomic E-state index is 0.249. The van der Waals surface area contributed by atoms with E-state index in [1.807, 2.05) is 37.4 Å². The summed E-state index contributed by atoms with van der Waals surface area (Å²) in [5.74, 6) is -0.605. The Balaban J connectivity index is 1.46. The molecule has 0 radical (unpaired) electrons. The Bertz CT molecular complexity index is 894. The first-order valence-electron chi connectivity index (χ1n) is 8.29. The Morgan fingerprint density at radius 3 is 2.80 bits per heavy atom. The molecular formula is C21H20FNO2. The van der Waals surface area contributed by atoms with Gasteiger partial charge in [-0.15, -0.1) is 0 Å². The fourth-order valence-corrected chi connectivity index (χ4v) is 2.68. The van der Waals surface area contributed by atoms with Crippen LogP contribution in [0.5, 0.6) is 0 Å².